The van der Waals surface area contributed by atoms with Crippen molar-refractivity contribution in [2.45, 2.75) is 13.8 Å². The van der Waals surface area contributed by atoms with E-state index in [0.717, 1.165) is 16.8 Å². The number of aromatic hydroxyl groups is 1. The van der Waals surface area contributed by atoms with E-state index in [1.807, 2.05) is 13.8 Å². The Morgan fingerprint density at radius 3 is 2.35 bits per heavy atom. The molecule has 0 spiro atoms. The summed E-state index contributed by atoms with van der Waals surface area (Å²) in [5.74, 6) is 0.839. The van der Waals surface area contributed by atoms with Crippen LogP contribution in [0.3, 0.4) is 0 Å². The molecule has 20 heavy (non-hydrogen) atoms. The second-order valence-corrected chi connectivity index (χ2v) is 4.69. The summed E-state index contributed by atoms with van der Waals surface area (Å²) >= 11 is 0. The van der Waals surface area contributed by atoms with Gasteiger partial charge in [-0.2, -0.15) is 0 Å². The highest BCUT2D eigenvalue weighted by atomic mass is 16.5. The number of phenolic OH excluding ortho intramolecular Hbond substituents is 1. The zero-order valence-electron chi connectivity index (χ0n) is 11.8. The second kappa shape index (κ2) is 5.21. The molecule has 0 atom stereocenters. The zero-order chi connectivity index (χ0) is 14.9. The molecular weight excluding hydrogens is 254 g/mol. The minimum absolute atomic E-state index is 0.274. The summed E-state index contributed by atoms with van der Waals surface area (Å²) in [6, 6.07) is 6.87. The van der Waals surface area contributed by atoms with E-state index in [1.165, 1.54) is 0 Å². The van der Waals surface area contributed by atoms with Crippen LogP contribution in [-0.2, 0) is 0 Å². The van der Waals surface area contributed by atoms with Crippen molar-refractivity contribution in [2.24, 2.45) is 0 Å². The molecule has 0 saturated heterocycles. The number of methoxy groups -OCH3 is 1. The van der Waals surface area contributed by atoms with E-state index in [9.17, 15) is 5.11 Å². The smallest absolute Gasteiger partial charge is 0.143 e. The second-order valence-electron chi connectivity index (χ2n) is 4.69. The molecule has 0 aliphatic carbocycles. The van der Waals surface area contributed by atoms with Gasteiger partial charge in [0.25, 0.3) is 0 Å². The maximum Gasteiger partial charge on any atom is 0.143 e. The van der Waals surface area contributed by atoms with Gasteiger partial charge < -0.3 is 26.6 Å². The number of nitrogen functional groups attached to an aromatic ring is 2. The Hall–Kier alpha value is -2.56. The van der Waals surface area contributed by atoms with Crippen LogP contribution in [-0.4, -0.2) is 12.2 Å². The molecule has 0 heterocycles. The molecule has 2 rings (SSSR count). The molecule has 0 bridgehead atoms. The first-order valence-electron chi connectivity index (χ1n) is 6.23. The Labute approximate surface area is 118 Å². The Balaban J connectivity index is 2.42. The average Bonchev–Trinajstić information content (AvgIpc) is 2.42. The van der Waals surface area contributed by atoms with Crippen LogP contribution in [0.1, 0.15) is 11.1 Å². The van der Waals surface area contributed by atoms with Crippen molar-refractivity contribution < 1.29 is 9.84 Å². The van der Waals surface area contributed by atoms with Gasteiger partial charge in [-0.15, -0.1) is 0 Å². The van der Waals surface area contributed by atoms with Gasteiger partial charge in [-0.1, -0.05) is 0 Å². The molecular formula is C15H19N3O2. The third-order valence-electron chi connectivity index (χ3n) is 3.43. The molecule has 5 nitrogen and oxygen atoms in total. The summed E-state index contributed by atoms with van der Waals surface area (Å²) in [4.78, 5) is 0. The SMILES string of the molecule is COc1cc(Nc2ccc(O)c(C)c2C)c(N)cc1N. The van der Waals surface area contributed by atoms with Gasteiger partial charge in [-0.3, -0.25) is 0 Å². The third kappa shape index (κ3) is 2.42. The van der Waals surface area contributed by atoms with Crippen LogP contribution in [0.25, 0.3) is 0 Å². The molecule has 2 aromatic rings. The highest BCUT2D eigenvalue weighted by Gasteiger charge is 2.10. The zero-order valence-corrected chi connectivity index (χ0v) is 11.8. The van der Waals surface area contributed by atoms with Gasteiger partial charge in [0.1, 0.15) is 11.5 Å². The van der Waals surface area contributed by atoms with Crippen molar-refractivity contribution in [1.82, 2.24) is 0 Å². The van der Waals surface area contributed by atoms with Gasteiger partial charge >= 0.3 is 0 Å². The summed E-state index contributed by atoms with van der Waals surface area (Å²) in [6.45, 7) is 3.80. The van der Waals surface area contributed by atoms with Gasteiger partial charge in [0.2, 0.25) is 0 Å². The Bertz CT molecular complexity index is 654. The van der Waals surface area contributed by atoms with E-state index in [2.05, 4.69) is 5.32 Å². The van der Waals surface area contributed by atoms with Crippen LogP contribution in [0, 0.1) is 13.8 Å². The van der Waals surface area contributed by atoms with Crippen molar-refractivity contribution >= 4 is 22.7 Å². The lowest BCUT2D eigenvalue weighted by Gasteiger charge is -2.16. The fraction of sp³-hybridized carbons (Fsp3) is 0.200. The largest absolute Gasteiger partial charge is 0.508 e. The van der Waals surface area contributed by atoms with Crippen LogP contribution in [0.5, 0.6) is 11.5 Å². The first-order valence-corrected chi connectivity index (χ1v) is 6.23. The highest BCUT2D eigenvalue weighted by molar-refractivity contribution is 5.80. The monoisotopic (exact) mass is 273 g/mol. The molecule has 0 radical (unpaired) electrons. The number of hydrogen-bond donors (Lipinski definition) is 4. The number of nitrogens with two attached hydrogens (primary N) is 2. The number of hydrogen-bond acceptors (Lipinski definition) is 5. The molecule has 2 aromatic carbocycles. The molecule has 0 aliphatic heterocycles. The summed E-state index contributed by atoms with van der Waals surface area (Å²) in [6.07, 6.45) is 0. The number of nitrogens with one attached hydrogen (secondary N) is 1. The van der Waals surface area contributed by atoms with E-state index < -0.39 is 0 Å². The molecule has 0 fully saturated rings. The van der Waals surface area contributed by atoms with Crippen molar-refractivity contribution in [2.75, 3.05) is 23.9 Å². The Morgan fingerprint density at radius 2 is 1.70 bits per heavy atom. The van der Waals surface area contributed by atoms with Gasteiger partial charge in [0.15, 0.2) is 0 Å². The van der Waals surface area contributed by atoms with E-state index >= 15 is 0 Å². The van der Waals surface area contributed by atoms with Gasteiger partial charge in [0.05, 0.1) is 24.2 Å². The van der Waals surface area contributed by atoms with Crippen molar-refractivity contribution in [3.8, 4) is 11.5 Å². The van der Waals surface area contributed by atoms with Gasteiger partial charge in [-0.05, 0) is 43.2 Å². The number of ether oxygens (including phenoxy) is 1. The third-order valence-corrected chi connectivity index (χ3v) is 3.43. The molecule has 0 aliphatic rings. The first kappa shape index (κ1) is 13.9. The van der Waals surface area contributed by atoms with Crippen molar-refractivity contribution in [1.29, 1.82) is 0 Å². The van der Waals surface area contributed by atoms with E-state index in [0.29, 0.717) is 22.8 Å². The fourth-order valence-corrected chi connectivity index (χ4v) is 1.99. The number of phenols is 1. The standard InChI is InChI=1S/C15H19N3O2/c1-8-9(2)14(19)5-4-12(8)18-13-7-15(20-3)11(17)6-10(13)16/h4-7,18-19H,16-17H2,1-3H3. The summed E-state index contributed by atoms with van der Waals surface area (Å²) < 4.78 is 5.19. The summed E-state index contributed by atoms with van der Waals surface area (Å²) in [5.41, 5.74) is 16.2. The summed E-state index contributed by atoms with van der Waals surface area (Å²) in [5, 5.41) is 12.9. The van der Waals surface area contributed by atoms with Crippen LogP contribution < -0.4 is 21.5 Å². The van der Waals surface area contributed by atoms with Crippen LogP contribution in [0.2, 0.25) is 0 Å². The quantitative estimate of drug-likeness (QED) is 0.509. The Morgan fingerprint density at radius 1 is 1.00 bits per heavy atom. The minimum Gasteiger partial charge on any atom is -0.508 e. The van der Waals surface area contributed by atoms with Crippen LogP contribution in [0.4, 0.5) is 22.7 Å². The number of anilines is 4. The maximum absolute atomic E-state index is 9.67. The molecule has 5 heteroatoms. The normalized spacial score (nSPS) is 10.3. The lowest BCUT2D eigenvalue weighted by atomic mass is 10.1. The molecule has 106 valence electrons. The maximum atomic E-state index is 9.67. The molecule has 0 saturated carbocycles. The van der Waals surface area contributed by atoms with Crippen molar-refractivity contribution in [3.05, 3.63) is 35.4 Å². The summed E-state index contributed by atoms with van der Waals surface area (Å²) in [7, 11) is 1.56. The van der Waals surface area contributed by atoms with E-state index in [1.54, 1.807) is 31.4 Å². The lowest BCUT2D eigenvalue weighted by molar-refractivity contribution is 0.417. The van der Waals surface area contributed by atoms with Crippen molar-refractivity contribution in [3.63, 3.8) is 0 Å². The minimum atomic E-state index is 0.274. The molecule has 0 amide bonds. The van der Waals surface area contributed by atoms with Crippen LogP contribution >= 0.6 is 0 Å². The lowest BCUT2D eigenvalue weighted by Crippen LogP contribution is -2.01. The molecule has 6 N–H and O–H groups in total. The molecule has 0 unspecified atom stereocenters. The van der Waals surface area contributed by atoms with Gasteiger partial charge in [0, 0.05) is 11.8 Å². The predicted molar refractivity (Wildman–Crippen MR) is 82.7 cm³/mol. The van der Waals surface area contributed by atoms with E-state index in [-0.39, 0.29) is 5.75 Å². The molecule has 0 aromatic heterocycles. The van der Waals surface area contributed by atoms with E-state index in [4.69, 9.17) is 16.2 Å². The van der Waals surface area contributed by atoms with Gasteiger partial charge in [-0.25, -0.2) is 0 Å². The van der Waals surface area contributed by atoms with Crippen LogP contribution in [0.15, 0.2) is 24.3 Å². The topological polar surface area (TPSA) is 93.5 Å². The predicted octanol–water partition coefficient (Wildman–Crippen LogP) is 2.93. The average molecular weight is 273 g/mol. The number of rotatable bonds is 3. The first-order chi connectivity index (χ1) is 9.43. The fourth-order valence-electron chi connectivity index (χ4n) is 1.99. The number of benzene rings is 2. The highest BCUT2D eigenvalue weighted by Crippen LogP contribution is 2.35. The Kier molecular flexibility index (Phi) is 3.61.